The van der Waals surface area contributed by atoms with E-state index in [1.165, 1.54) is 15.8 Å². The zero-order valence-corrected chi connectivity index (χ0v) is 17.5. The van der Waals surface area contributed by atoms with Crippen molar-refractivity contribution in [2.75, 3.05) is 20.8 Å². The first-order chi connectivity index (χ1) is 15.7. The lowest BCUT2D eigenvalue weighted by atomic mass is 10.1. The van der Waals surface area contributed by atoms with Gasteiger partial charge in [-0.25, -0.2) is 0 Å². The second kappa shape index (κ2) is 9.64. The average Bonchev–Trinajstić information content (AvgIpc) is 3.51. The lowest BCUT2D eigenvalue weighted by Crippen LogP contribution is -2.30. The SMILES string of the molecule is COc1ccc(CCNC(=O)Cn2nnc(-c3ccccc3-n3cnnn3)n2)cc1OC. The van der Waals surface area contributed by atoms with Crippen molar-refractivity contribution in [3.63, 3.8) is 0 Å². The number of tetrazole rings is 2. The Kier molecular flexibility index (Phi) is 6.30. The van der Waals surface area contributed by atoms with Crippen LogP contribution in [0.4, 0.5) is 0 Å². The summed E-state index contributed by atoms with van der Waals surface area (Å²) < 4.78 is 12.0. The molecule has 32 heavy (non-hydrogen) atoms. The maximum atomic E-state index is 12.3. The van der Waals surface area contributed by atoms with E-state index in [4.69, 9.17) is 9.47 Å². The summed E-state index contributed by atoms with van der Waals surface area (Å²) in [5.74, 6) is 1.46. The van der Waals surface area contributed by atoms with Crippen LogP contribution in [0, 0.1) is 0 Å². The molecular weight excluding hydrogens is 414 g/mol. The summed E-state index contributed by atoms with van der Waals surface area (Å²) in [6.45, 7) is 0.407. The molecule has 4 rings (SSSR count). The van der Waals surface area contributed by atoms with Gasteiger partial charge >= 0.3 is 0 Å². The molecule has 4 aromatic rings. The lowest BCUT2D eigenvalue weighted by molar-refractivity contribution is -0.122. The molecule has 0 saturated heterocycles. The molecule has 0 bridgehead atoms. The molecule has 0 spiro atoms. The molecule has 0 saturated carbocycles. The lowest BCUT2D eigenvalue weighted by Gasteiger charge is -2.10. The van der Waals surface area contributed by atoms with Crippen molar-refractivity contribution in [2.24, 2.45) is 0 Å². The van der Waals surface area contributed by atoms with Gasteiger partial charge in [-0.2, -0.15) is 9.48 Å². The third-order valence-electron chi connectivity index (χ3n) is 4.66. The summed E-state index contributed by atoms with van der Waals surface area (Å²) in [6.07, 6.45) is 2.12. The van der Waals surface area contributed by atoms with Crippen LogP contribution in [0.15, 0.2) is 48.8 Å². The van der Waals surface area contributed by atoms with Crippen LogP contribution in [0.1, 0.15) is 5.56 Å². The minimum absolute atomic E-state index is 0.0496. The van der Waals surface area contributed by atoms with Crippen molar-refractivity contribution in [3.8, 4) is 28.6 Å². The molecule has 0 aliphatic carbocycles. The van der Waals surface area contributed by atoms with Gasteiger partial charge in [0.05, 0.1) is 19.9 Å². The van der Waals surface area contributed by atoms with Gasteiger partial charge in [0.1, 0.15) is 12.9 Å². The Labute approximate surface area is 183 Å². The molecule has 12 nitrogen and oxygen atoms in total. The highest BCUT2D eigenvalue weighted by Gasteiger charge is 2.14. The zero-order valence-electron chi connectivity index (χ0n) is 17.5. The van der Waals surface area contributed by atoms with Gasteiger partial charge in [0.15, 0.2) is 11.5 Å². The molecule has 164 valence electrons. The predicted molar refractivity (Wildman–Crippen MR) is 112 cm³/mol. The van der Waals surface area contributed by atoms with Crippen LogP contribution < -0.4 is 14.8 Å². The third-order valence-corrected chi connectivity index (χ3v) is 4.66. The van der Waals surface area contributed by atoms with Gasteiger partial charge in [0, 0.05) is 12.1 Å². The first kappa shape index (κ1) is 20.9. The van der Waals surface area contributed by atoms with E-state index in [1.54, 1.807) is 14.2 Å². The number of amides is 1. The van der Waals surface area contributed by atoms with Gasteiger partial charge < -0.3 is 14.8 Å². The average molecular weight is 435 g/mol. The summed E-state index contributed by atoms with van der Waals surface area (Å²) in [7, 11) is 3.18. The van der Waals surface area contributed by atoms with E-state index in [0.717, 1.165) is 5.56 Å². The molecule has 0 aliphatic heterocycles. The van der Waals surface area contributed by atoms with Crippen molar-refractivity contribution in [1.82, 2.24) is 45.7 Å². The van der Waals surface area contributed by atoms with E-state index in [0.29, 0.717) is 41.5 Å². The quantitative estimate of drug-likeness (QED) is 0.403. The van der Waals surface area contributed by atoms with Crippen LogP contribution >= 0.6 is 0 Å². The Balaban J connectivity index is 1.35. The van der Waals surface area contributed by atoms with Crippen molar-refractivity contribution in [1.29, 1.82) is 0 Å². The number of rotatable bonds is 9. The van der Waals surface area contributed by atoms with Gasteiger partial charge in [-0.1, -0.05) is 18.2 Å². The van der Waals surface area contributed by atoms with Crippen LogP contribution in [-0.4, -0.2) is 67.1 Å². The molecule has 0 radical (unpaired) electrons. The molecular formula is C20H21N9O3. The maximum absolute atomic E-state index is 12.3. The molecule has 0 atom stereocenters. The van der Waals surface area contributed by atoms with Gasteiger partial charge in [0.2, 0.25) is 11.7 Å². The minimum Gasteiger partial charge on any atom is -0.493 e. The second-order valence-corrected chi connectivity index (χ2v) is 6.70. The van der Waals surface area contributed by atoms with Crippen LogP contribution in [-0.2, 0) is 17.8 Å². The maximum Gasteiger partial charge on any atom is 0.243 e. The van der Waals surface area contributed by atoms with E-state index >= 15 is 0 Å². The fourth-order valence-electron chi connectivity index (χ4n) is 3.12. The van der Waals surface area contributed by atoms with Gasteiger partial charge in [-0.15, -0.1) is 15.3 Å². The molecule has 2 aromatic heterocycles. The van der Waals surface area contributed by atoms with Gasteiger partial charge in [-0.3, -0.25) is 4.79 Å². The number of hydrogen-bond acceptors (Lipinski definition) is 9. The summed E-state index contributed by atoms with van der Waals surface area (Å²) >= 11 is 0. The number of methoxy groups -OCH3 is 2. The normalized spacial score (nSPS) is 10.7. The first-order valence-electron chi connectivity index (χ1n) is 9.76. The molecule has 0 fully saturated rings. The van der Waals surface area contributed by atoms with Crippen LogP contribution in [0.2, 0.25) is 0 Å². The number of hydrogen-bond donors (Lipinski definition) is 1. The van der Waals surface area contributed by atoms with Crippen LogP contribution in [0.3, 0.4) is 0 Å². The number of aromatic nitrogens is 8. The molecule has 1 N–H and O–H groups in total. The van der Waals surface area contributed by atoms with Crippen molar-refractivity contribution in [3.05, 3.63) is 54.4 Å². The van der Waals surface area contributed by atoms with E-state index in [2.05, 4.69) is 36.3 Å². The fraction of sp³-hybridized carbons (Fsp3) is 0.250. The Hall–Kier alpha value is -4.35. The molecule has 0 aliphatic rings. The Bertz CT molecular complexity index is 1190. The highest BCUT2D eigenvalue weighted by molar-refractivity contribution is 5.75. The monoisotopic (exact) mass is 435 g/mol. The van der Waals surface area contributed by atoms with E-state index in [1.807, 2.05) is 42.5 Å². The van der Waals surface area contributed by atoms with E-state index in [-0.39, 0.29) is 12.5 Å². The standard InChI is InChI=1S/C20H21N9O3/c1-31-17-8-7-14(11-18(17)32-2)9-10-21-19(30)12-29-24-20(23-26-29)15-5-3-4-6-16(15)28-13-22-25-27-28/h3-8,11,13H,9-10,12H2,1-2H3,(H,21,30). The topological polar surface area (TPSA) is 135 Å². The van der Waals surface area contributed by atoms with Gasteiger partial charge in [0.25, 0.3) is 0 Å². The number of nitrogens with zero attached hydrogens (tertiary/aromatic N) is 8. The zero-order chi connectivity index (χ0) is 22.3. The fourth-order valence-corrected chi connectivity index (χ4v) is 3.12. The van der Waals surface area contributed by atoms with Crippen molar-refractivity contribution < 1.29 is 14.3 Å². The second-order valence-electron chi connectivity index (χ2n) is 6.70. The highest BCUT2D eigenvalue weighted by Crippen LogP contribution is 2.27. The molecule has 2 heterocycles. The number of carbonyl (C=O) groups excluding carboxylic acids is 1. The Morgan fingerprint density at radius 3 is 2.69 bits per heavy atom. The summed E-state index contributed by atoms with van der Waals surface area (Å²) in [5.41, 5.74) is 2.42. The minimum atomic E-state index is -0.219. The Morgan fingerprint density at radius 2 is 1.91 bits per heavy atom. The number of carbonyl (C=O) groups is 1. The van der Waals surface area contributed by atoms with Crippen molar-refractivity contribution in [2.45, 2.75) is 13.0 Å². The van der Waals surface area contributed by atoms with Gasteiger partial charge in [-0.05, 0) is 51.9 Å². The molecule has 12 heteroatoms. The van der Waals surface area contributed by atoms with Crippen LogP contribution in [0.5, 0.6) is 11.5 Å². The van der Waals surface area contributed by atoms with Crippen molar-refractivity contribution >= 4 is 5.91 Å². The van der Waals surface area contributed by atoms with E-state index < -0.39 is 0 Å². The number of nitrogens with one attached hydrogen (secondary N) is 1. The predicted octanol–water partition coefficient (Wildman–Crippen LogP) is 0.692. The van der Waals surface area contributed by atoms with E-state index in [9.17, 15) is 4.79 Å². The summed E-state index contributed by atoms with van der Waals surface area (Å²) in [4.78, 5) is 13.6. The summed E-state index contributed by atoms with van der Waals surface area (Å²) in [5, 5.41) is 26.4. The largest absolute Gasteiger partial charge is 0.493 e. The first-order valence-corrected chi connectivity index (χ1v) is 9.76. The smallest absolute Gasteiger partial charge is 0.243 e. The number of ether oxygens (including phenoxy) is 2. The third kappa shape index (κ3) is 4.69. The molecule has 2 aromatic carbocycles. The highest BCUT2D eigenvalue weighted by atomic mass is 16.5. The molecule has 1 amide bonds. The number of para-hydroxylation sites is 1. The summed E-state index contributed by atoms with van der Waals surface area (Å²) in [6, 6.07) is 13.0. The Morgan fingerprint density at radius 1 is 1.06 bits per heavy atom. The van der Waals surface area contributed by atoms with Crippen LogP contribution in [0.25, 0.3) is 17.1 Å². The number of benzene rings is 2. The molecule has 0 unspecified atom stereocenters.